The van der Waals surface area contributed by atoms with Crippen molar-refractivity contribution >= 4 is 81.8 Å². The quantitative estimate of drug-likeness (QED) is 0.180. The minimum atomic E-state index is 0.889. The fourth-order valence-corrected chi connectivity index (χ4v) is 9.46. The Labute approximate surface area is 304 Å². The molecule has 4 heteroatoms. The van der Waals surface area contributed by atoms with Gasteiger partial charge >= 0.3 is 0 Å². The molecule has 7 aromatic carbocycles. The summed E-state index contributed by atoms with van der Waals surface area (Å²) in [7, 11) is 0. The van der Waals surface area contributed by atoms with E-state index >= 15 is 0 Å². The Morgan fingerprint density at radius 2 is 1.25 bits per heavy atom. The smallest absolute Gasteiger partial charge is 0.137 e. The van der Waals surface area contributed by atoms with Crippen molar-refractivity contribution in [3.05, 3.63) is 181 Å². The van der Waals surface area contributed by atoms with Crippen molar-refractivity contribution in [2.24, 2.45) is 0 Å². The molecule has 3 aromatic heterocycles. The second kappa shape index (κ2) is 11.6. The topological polar surface area (TPSA) is 21.3 Å². The molecular weight excluding hydrogens is 653 g/mol. The average molecular weight is 685 g/mol. The van der Waals surface area contributed by atoms with Crippen LogP contribution in [-0.2, 0) is 6.42 Å². The number of allylic oxidation sites excluding steroid dienone is 1. The molecule has 246 valence electrons. The third-order valence-electron chi connectivity index (χ3n) is 10.7. The largest absolute Gasteiger partial charge is 0.456 e. The van der Waals surface area contributed by atoms with Crippen LogP contribution in [0, 0.1) is 0 Å². The maximum Gasteiger partial charge on any atom is 0.137 e. The van der Waals surface area contributed by atoms with Crippen LogP contribution in [0.4, 0.5) is 11.4 Å². The van der Waals surface area contributed by atoms with Crippen molar-refractivity contribution in [3.63, 3.8) is 0 Å². The van der Waals surface area contributed by atoms with Gasteiger partial charge in [0.1, 0.15) is 11.2 Å². The molecule has 0 atom stereocenters. The van der Waals surface area contributed by atoms with Crippen molar-refractivity contribution in [1.82, 2.24) is 4.57 Å². The van der Waals surface area contributed by atoms with E-state index in [9.17, 15) is 0 Å². The molecule has 0 amide bonds. The molecule has 1 aliphatic rings. The summed E-state index contributed by atoms with van der Waals surface area (Å²) in [5.41, 5.74) is 12.9. The van der Waals surface area contributed by atoms with Crippen LogP contribution in [-0.4, -0.2) is 4.57 Å². The number of benzene rings is 7. The van der Waals surface area contributed by atoms with E-state index in [0.29, 0.717) is 0 Å². The lowest BCUT2D eigenvalue weighted by atomic mass is 9.97. The number of hydrogen-bond donors (Lipinski definition) is 0. The zero-order valence-electron chi connectivity index (χ0n) is 28.3. The Bertz CT molecular complexity index is 3020. The lowest BCUT2D eigenvalue weighted by Gasteiger charge is -2.31. The van der Waals surface area contributed by atoms with E-state index in [0.717, 1.165) is 46.2 Å². The highest BCUT2D eigenvalue weighted by atomic mass is 32.1. The molecule has 0 fully saturated rings. The van der Waals surface area contributed by atoms with Crippen LogP contribution in [0.5, 0.6) is 0 Å². The fraction of sp³-hybridized carbons (Fsp3) is 0.0417. The molecule has 52 heavy (non-hydrogen) atoms. The van der Waals surface area contributed by atoms with E-state index in [1.807, 2.05) is 17.4 Å². The number of fused-ring (bicyclic) bond motifs is 9. The Balaban J connectivity index is 1.13. The van der Waals surface area contributed by atoms with Gasteiger partial charge in [0.25, 0.3) is 0 Å². The van der Waals surface area contributed by atoms with E-state index in [1.165, 1.54) is 64.8 Å². The molecular formula is C48H32N2OS. The zero-order valence-corrected chi connectivity index (χ0v) is 29.1. The third kappa shape index (κ3) is 4.51. The van der Waals surface area contributed by atoms with Crippen LogP contribution in [0.1, 0.15) is 17.7 Å². The Morgan fingerprint density at radius 1 is 0.538 bits per heavy atom. The molecule has 0 bridgehead atoms. The standard InChI is InChI=1S/C48H32N2OS/c1-2-11-31(12-3-1)32-21-23-33(24-22-32)50-41-16-7-4-13-36(41)39-29-34(25-27-42(39)50)49(35-26-28-47-40(30-35)37-14-6-9-20-46(37)52-47)43-17-10-19-45-48(43)38-15-5-8-18-44(38)51-45/h1-24,26,28-30H,25,27H2. The van der Waals surface area contributed by atoms with Crippen LogP contribution in [0.2, 0.25) is 0 Å². The van der Waals surface area contributed by atoms with E-state index in [4.69, 9.17) is 4.42 Å². The second-order valence-electron chi connectivity index (χ2n) is 13.6. The predicted octanol–water partition coefficient (Wildman–Crippen LogP) is 13.7. The summed E-state index contributed by atoms with van der Waals surface area (Å²) in [4.78, 5) is 2.50. The van der Waals surface area contributed by atoms with Gasteiger partial charge < -0.3 is 13.9 Å². The van der Waals surface area contributed by atoms with E-state index < -0.39 is 0 Å². The first-order chi connectivity index (χ1) is 25.8. The van der Waals surface area contributed by atoms with Crippen LogP contribution in [0.3, 0.4) is 0 Å². The molecule has 0 saturated carbocycles. The molecule has 11 rings (SSSR count). The molecule has 10 aromatic rings. The van der Waals surface area contributed by atoms with E-state index in [-0.39, 0.29) is 0 Å². The number of rotatable bonds is 5. The van der Waals surface area contributed by atoms with Gasteiger partial charge in [0.2, 0.25) is 0 Å². The number of para-hydroxylation sites is 2. The first kappa shape index (κ1) is 29.4. The number of hydrogen-bond acceptors (Lipinski definition) is 3. The van der Waals surface area contributed by atoms with Crippen molar-refractivity contribution < 1.29 is 4.42 Å². The second-order valence-corrected chi connectivity index (χ2v) is 14.7. The van der Waals surface area contributed by atoms with Gasteiger partial charge in [-0.3, -0.25) is 0 Å². The number of aromatic nitrogens is 1. The molecule has 1 aliphatic carbocycles. The molecule has 0 N–H and O–H groups in total. The highest BCUT2D eigenvalue weighted by Gasteiger charge is 2.27. The maximum atomic E-state index is 6.44. The van der Waals surface area contributed by atoms with Gasteiger partial charge in [0.05, 0.1) is 16.6 Å². The van der Waals surface area contributed by atoms with Crippen LogP contribution in [0.25, 0.3) is 75.9 Å². The predicted molar refractivity (Wildman–Crippen MR) is 220 cm³/mol. The fourth-order valence-electron chi connectivity index (χ4n) is 8.37. The Kier molecular flexibility index (Phi) is 6.55. The lowest BCUT2D eigenvalue weighted by Crippen LogP contribution is -2.20. The average Bonchev–Trinajstić information content (AvgIpc) is 3.88. The van der Waals surface area contributed by atoms with E-state index in [1.54, 1.807) is 0 Å². The highest BCUT2D eigenvalue weighted by molar-refractivity contribution is 7.25. The van der Waals surface area contributed by atoms with Gasteiger partial charge in [-0.25, -0.2) is 0 Å². The van der Waals surface area contributed by atoms with Crippen molar-refractivity contribution in [2.75, 3.05) is 4.90 Å². The van der Waals surface area contributed by atoms with Crippen LogP contribution < -0.4 is 4.90 Å². The number of nitrogens with zero attached hydrogens (tertiary/aromatic N) is 2. The molecule has 3 nitrogen and oxygen atoms in total. The maximum absolute atomic E-state index is 6.44. The van der Waals surface area contributed by atoms with Gasteiger partial charge in [-0.2, -0.15) is 0 Å². The van der Waals surface area contributed by atoms with Crippen molar-refractivity contribution in [3.8, 4) is 16.8 Å². The molecule has 0 unspecified atom stereocenters. The lowest BCUT2D eigenvalue weighted by molar-refractivity contribution is 0.669. The summed E-state index contributed by atoms with van der Waals surface area (Å²) in [6.45, 7) is 0. The summed E-state index contributed by atoms with van der Waals surface area (Å²) in [5.74, 6) is 0. The van der Waals surface area contributed by atoms with Gasteiger partial charge in [-0.05, 0) is 90.7 Å². The third-order valence-corrected chi connectivity index (χ3v) is 11.9. The molecule has 0 radical (unpaired) electrons. The van der Waals surface area contributed by atoms with Gasteiger partial charge in [-0.15, -0.1) is 11.3 Å². The van der Waals surface area contributed by atoms with Crippen molar-refractivity contribution in [1.29, 1.82) is 0 Å². The normalized spacial score (nSPS) is 13.0. The van der Waals surface area contributed by atoms with Gasteiger partial charge in [0.15, 0.2) is 0 Å². The zero-order chi connectivity index (χ0) is 34.2. The van der Waals surface area contributed by atoms with Crippen LogP contribution in [0.15, 0.2) is 174 Å². The first-order valence-corrected chi connectivity index (χ1v) is 18.7. The Hall–Kier alpha value is -6.36. The molecule has 0 saturated heterocycles. The van der Waals surface area contributed by atoms with Crippen LogP contribution >= 0.6 is 11.3 Å². The summed E-state index contributed by atoms with van der Waals surface area (Å²) in [6, 6.07) is 59.2. The number of furan rings is 1. The SMILES string of the molecule is C1=C(N(c2ccc3sc4ccccc4c3c2)c2cccc3oc4ccccc4c23)CCc2c1c1ccccc1n2-c1ccc(-c2ccccc2)cc1. The van der Waals surface area contributed by atoms with Crippen molar-refractivity contribution in [2.45, 2.75) is 12.8 Å². The minimum absolute atomic E-state index is 0.889. The molecule has 3 heterocycles. The van der Waals surface area contributed by atoms with Gasteiger partial charge in [0, 0.05) is 59.3 Å². The molecule has 0 aliphatic heterocycles. The summed E-state index contributed by atoms with van der Waals surface area (Å²) in [6.07, 6.45) is 4.26. The minimum Gasteiger partial charge on any atom is -0.456 e. The number of thiophene rings is 1. The van der Waals surface area contributed by atoms with E-state index in [2.05, 4.69) is 173 Å². The first-order valence-electron chi connectivity index (χ1n) is 17.9. The monoisotopic (exact) mass is 684 g/mol. The highest BCUT2D eigenvalue weighted by Crippen LogP contribution is 2.46. The molecule has 0 spiro atoms. The Morgan fingerprint density at radius 3 is 2.13 bits per heavy atom. The summed E-state index contributed by atoms with van der Waals surface area (Å²) in [5, 5.41) is 6.14. The summed E-state index contributed by atoms with van der Waals surface area (Å²) >= 11 is 1.86. The van der Waals surface area contributed by atoms with Gasteiger partial charge in [-0.1, -0.05) is 103 Å². The number of anilines is 2. The summed E-state index contributed by atoms with van der Waals surface area (Å²) < 4.78 is 11.5.